The standard InChI is InChI=1S/C26H33F2N7O3/c1-15(16-6-8-34(9-7-16)25-32-23(33-38-25)26(2,3)36)37-18-11-30-24(31-12-18)35-13-20(22(29)14-35)19-10-17(27)4-5-21(19)28/h4-5,10-12,15-16,20,22,36H,6-9,13-14,29H2,1-3H3/t15-,20+,22-/m0/s1. The van der Waals surface area contributed by atoms with Gasteiger partial charge in [-0.15, -0.1) is 0 Å². The van der Waals surface area contributed by atoms with Crippen LogP contribution in [0.1, 0.15) is 50.9 Å². The molecule has 38 heavy (non-hydrogen) atoms. The van der Waals surface area contributed by atoms with E-state index in [1.807, 2.05) is 16.7 Å². The van der Waals surface area contributed by atoms with Gasteiger partial charge in [-0.2, -0.15) is 4.98 Å². The Kier molecular flexibility index (Phi) is 7.19. The van der Waals surface area contributed by atoms with E-state index >= 15 is 0 Å². The predicted octanol–water partition coefficient (Wildman–Crippen LogP) is 2.98. The van der Waals surface area contributed by atoms with E-state index in [9.17, 15) is 13.9 Å². The Morgan fingerprint density at radius 1 is 1.13 bits per heavy atom. The Labute approximate surface area is 219 Å². The van der Waals surface area contributed by atoms with E-state index in [1.165, 1.54) is 6.07 Å². The number of aliphatic hydroxyl groups is 1. The van der Waals surface area contributed by atoms with Crippen LogP contribution in [-0.2, 0) is 5.60 Å². The fourth-order valence-corrected chi connectivity index (χ4v) is 5.12. The average molecular weight is 530 g/mol. The number of anilines is 2. The summed E-state index contributed by atoms with van der Waals surface area (Å²) < 4.78 is 39.5. The molecule has 204 valence electrons. The number of nitrogens with two attached hydrogens (primary N) is 1. The average Bonchev–Trinajstić information content (AvgIpc) is 3.54. The van der Waals surface area contributed by atoms with Crippen LogP contribution in [0.25, 0.3) is 0 Å². The van der Waals surface area contributed by atoms with Crippen molar-refractivity contribution in [2.45, 2.75) is 57.3 Å². The molecule has 2 aliphatic heterocycles. The molecule has 0 amide bonds. The fraction of sp³-hybridized carbons (Fsp3) is 0.538. The SMILES string of the molecule is C[C@H](Oc1cnc(N2C[C@H](c3cc(F)ccc3F)[C@@H](N)C2)nc1)C1CCN(c2nc(C(C)(C)O)no2)CC1. The van der Waals surface area contributed by atoms with Crippen LogP contribution in [0.4, 0.5) is 20.7 Å². The van der Waals surface area contributed by atoms with Crippen molar-refractivity contribution in [3.8, 4) is 5.75 Å². The van der Waals surface area contributed by atoms with Gasteiger partial charge in [0.25, 0.3) is 0 Å². The number of piperidine rings is 1. The van der Waals surface area contributed by atoms with E-state index in [0.717, 1.165) is 38.1 Å². The third kappa shape index (κ3) is 5.56. The predicted molar refractivity (Wildman–Crippen MR) is 136 cm³/mol. The smallest absolute Gasteiger partial charge is 0.324 e. The lowest BCUT2D eigenvalue weighted by Gasteiger charge is -2.33. The minimum Gasteiger partial charge on any atom is -0.487 e. The third-order valence-electron chi connectivity index (χ3n) is 7.38. The first-order valence-electron chi connectivity index (χ1n) is 12.8. The maximum atomic E-state index is 14.3. The zero-order valence-corrected chi connectivity index (χ0v) is 21.7. The van der Waals surface area contributed by atoms with Crippen molar-refractivity contribution in [2.75, 3.05) is 36.0 Å². The van der Waals surface area contributed by atoms with Gasteiger partial charge in [-0.3, -0.25) is 0 Å². The zero-order valence-electron chi connectivity index (χ0n) is 21.7. The molecule has 1 aromatic carbocycles. The number of benzene rings is 1. The van der Waals surface area contributed by atoms with E-state index in [2.05, 4.69) is 20.1 Å². The van der Waals surface area contributed by atoms with Crippen molar-refractivity contribution in [3.05, 3.63) is 53.6 Å². The quantitative estimate of drug-likeness (QED) is 0.472. The molecule has 2 aromatic heterocycles. The molecule has 2 aliphatic rings. The van der Waals surface area contributed by atoms with Crippen LogP contribution in [0.3, 0.4) is 0 Å². The van der Waals surface area contributed by atoms with Crippen LogP contribution < -0.4 is 20.3 Å². The van der Waals surface area contributed by atoms with Gasteiger partial charge in [-0.1, -0.05) is 5.16 Å². The largest absolute Gasteiger partial charge is 0.487 e. The van der Waals surface area contributed by atoms with Gasteiger partial charge in [-0.05, 0) is 63.3 Å². The number of hydrogen-bond donors (Lipinski definition) is 2. The zero-order chi connectivity index (χ0) is 27.0. The van der Waals surface area contributed by atoms with Crippen molar-refractivity contribution in [3.63, 3.8) is 0 Å². The molecule has 3 atom stereocenters. The van der Waals surface area contributed by atoms with E-state index in [1.54, 1.807) is 26.2 Å². The summed E-state index contributed by atoms with van der Waals surface area (Å²) in [6.07, 6.45) is 4.97. The van der Waals surface area contributed by atoms with Gasteiger partial charge in [0.15, 0.2) is 5.75 Å². The molecule has 0 spiro atoms. The van der Waals surface area contributed by atoms with E-state index < -0.39 is 17.2 Å². The maximum Gasteiger partial charge on any atom is 0.324 e. The molecule has 3 N–H and O–H groups in total. The van der Waals surface area contributed by atoms with E-state index in [-0.39, 0.29) is 29.5 Å². The van der Waals surface area contributed by atoms with Crippen LogP contribution >= 0.6 is 0 Å². The second kappa shape index (κ2) is 10.4. The van der Waals surface area contributed by atoms with Gasteiger partial charge in [0, 0.05) is 38.1 Å². The molecule has 0 saturated carbocycles. The van der Waals surface area contributed by atoms with Gasteiger partial charge < -0.3 is 29.9 Å². The van der Waals surface area contributed by atoms with Crippen molar-refractivity contribution in [2.24, 2.45) is 11.7 Å². The van der Waals surface area contributed by atoms with Gasteiger partial charge in [0.2, 0.25) is 11.8 Å². The first-order chi connectivity index (χ1) is 18.1. The molecular weight excluding hydrogens is 496 g/mol. The van der Waals surface area contributed by atoms with Crippen LogP contribution in [0.2, 0.25) is 0 Å². The summed E-state index contributed by atoms with van der Waals surface area (Å²) in [4.78, 5) is 17.1. The number of aromatic nitrogens is 4. The highest BCUT2D eigenvalue weighted by molar-refractivity contribution is 5.39. The second-order valence-corrected chi connectivity index (χ2v) is 10.7. The lowest BCUT2D eigenvalue weighted by atomic mass is 9.92. The number of hydrogen-bond acceptors (Lipinski definition) is 10. The topological polar surface area (TPSA) is 127 Å². The molecule has 0 aliphatic carbocycles. The highest BCUT2D eigenvalue weighted by atomic mass is 19.1. The van der Waals surface area contributed by atoms with Crippen LogP contribution in [-0.4, -0.2) is 63.5 Å². The van der Waals surface area contributed by atoms with Gasteiger partial charge in [0.1, 0.15) is 17.2 Å². The lowest BCUT2D eigenvalue weighted by Crippen LogP contribution is -2.39. The normalized spacial score (nSPS) is 21.7. The van der Waals surface area contributed by atoms with E-state index in [4.69, 9.17) is 15.0 Å². The molecule has 0 unspecified atom stereocenters. The Balaban J connectivity index is 1.14. The molecule has 10 nitrogen and oxygen atoms in total. The van der Waals surface area contributed by atoms with Gasteiger partial charge in [-0.25, -0.2) is 18.7 Å². The highest BCUT2D eigenvalue weighted by Crippen LogP contribution is 2.32. The van der Waals surface area contributed by atoms with Gasteiger partial charge in [0.05, 0.1) is 18.5 Å². The summed E-state index contributed by atoms with van der Waals surface area (Å²) in [6.45, 7) is 7.58. The Bertz CT molecular complexity index is 1240. The molecule has 12 heteroatoms. The number of nitrogens with zero attached hydrogens (tertiary/aromatic N) is 6. The molecular formula is C26H33F2N7O3. The first-order valence-corrected chi connectivity index (χ1v) is 12.8. The molecule has 3 aromatic rings. The fourth-order valence-electron chi connectivity index (χ4n) is 5.12. The van der Waals surface area contributed by atoms with Crippen molar-refractivity contribution in [1.29, 1.82) is 0 Å². The van der Waals surface area contributed by atoms with E-state index in [0.29, 0.717) is 36.7 Å². The summed E-state index contributed by atoms with van der Waals surface area (Å²) >= 11 is 0. The summed E-state index contributed by atoms with van der Waals surface area (Å²) in [7, 11) is 0. The highest BCUT2D eigenvalue weighted by Gasteiger charge is 2.35. The molecule has 5 rings (SSSR count). The molecule has 0 radical (unpaired) electrons. The number of ether oxygens (including phenoxy) is 1. The number of halogens is 2. The summed E-state index contributed by atoms with van der Waals surface area (Å²) in [5, 5.41) is 13.9. The second-order valence-electron chi connectivity index (χ2n) is 10.7. The lowest BCUT2D eigenvalue weighted by molar-refractivity contribution is 0.0661. The summed E-state index contributed by atoms with van der Waals surface area (Å²) in [5.41, 5.74) is 5.39. The van der Waals surface area contributed by atoms with Crippen LogP contribution in [0.15, 0.2) is 35.1 Å². The summed E-state index contributed by atoms with van der Waals surface area (Å²) in [5.74, 6) is 0.311. The summed E-state index contributed by atoms with van der Waals surface area (Å²) in [6, 6.07) is 3.49. The third-order valence-corrected chi connectivity index (χ3v) is 7.38. The maximum absolute atomic E-state index is 14.3. The molecule has 0 bridgehead atoms. The Hall–Kier alpha value is -3.38. The molecule has 2 saturated heterocycles. The first kappa shape index (κ1) is 26.2. The Morgan fingerprint density at radius 2 is 1.84 bits per heavy atom. The van der Waals surface area contributed by atoms with Crippen molar-refractivity contribution in [1.82, 2.24) is 20.1 Å². The minimum atomic E-state index is -1.15. The number of rotatable bonds is 7. The van der Waals surface area contributed by atoms with Crippen molar-refractivity contribution >= 4 is 12.0 Å². The van der Waals surface area contributed by atoms with Crippen LogP contribution in [0.5, 0.6) is 5.75 Å². The monoisotopic (exact) mass is 529 g/mol. The van der Waals surface area contributed by atoms with Gasteiger partial charge >= 0.3 is 6.01 Å². The Morgan fingerprint density at radius 3 is 2.50 bits per heavy atom. The molecule has 2 fully saturated rings. The van der Waals surface area contributed by atoms with Crippen LogP contribution in [0, 0.1) is 17.6 Å². The molecule has 4 heterocycles. The minimum absolute atomic E-state index is 0.0539. The van der Waals surface area contributed by atoms with Crippen molar-refractivity contribution < 1.29 is 23.1 Å².